The molecule has 0 spiro atoms. The maximum Gasteiger partial charge on any atom is 0.408 e. The van der Waals surface area contributed by atoms with Crippen LogP contribution in [0.5, 0.6) is 0 Å². The van der Waals surface area contributed by atoms with E-state index in [1.807, 2.05) is 6.07 Å². The summed E-state index contributed by atoms with van der Waals surface area (Å²) >= 11 is 0. The highest BCUT2D eigenvalue weighted by Gasteiger charge is 2.18. The van der Waals surface area contributed by atoms with E-state index in [2.05, 4.69) is 22.5 Å². The van der Waals surface area contributed by atoms with Crippen molar-refractivity contribution in [2.24, 2.45) is 0 Å². The van der Waals surface area contributed by atoms with E-state index in [0.717, 1.165) is 11.1 Å². The Labute approximate surface area is 124 Å². The highest BCUT2D eigenvalue weighted by molar-refractivity contribution is 5.98. The van der Waals surface area contributed by atoms with E-state index in [-0.39, 0.29) is 12.5 Å². The number of benzene rings is 1. The molecule has 21 heavy (non-hydrogen) atoms. The van der Waals surface area contributed by atoms with E-state index in [1.54, 1.807) is 32.9 Å². The summed E-state index contributed by atoms with van der Waals surface area (Å²) in [5.41, 5.74) is 1.95. The zero-order chi connectivity index (χ0) is 15.5. The third-order valence-corrected chi connectivity index (χ3v) is 2.74. The number of rotatable bonds is 1. The van der Waals surface area contributed by atoms with E-state index in [9.17, 15) is 9.59 Å². The van der Waals surface area contributed by atoms with E-state index in [4.69, 9.17) is 4.74 Å². The Kier molecular flexibility index (Phi) is 4.18. The van der Waals surface area contributed by atoms with E-state index in [1.165, 1.54) is 0 Å². The number of nitrogens with one attached hydrogen (secondary N) is 2. The number of hydrogen-bond donors (Lipinski definition) is 2. The van der Waals surface area contributed by atoms with Gasteiger partial charge < -0.3 is 15.4 Å². The molecular formula is C16H18N2O3. The Morgan fingerprint density at radius 3 is 2.90 bits per heavy atom. The van der Waals surface area contributed by atoms with Gasteiger partial charge in [-0.25, -0.2) is 4.79 Å². The number of carbonyl (C=O) groups is 2. The van der Waals surface area contributed by atoms with Gasteiger partial charge in [0, 0.05) is 17.7 Å². The van der Waals surface area contributed by atoms with Crippen molar-refractivity contribution in [2.75, 3.05) is 6.54 Å². The Bertz CT molecular complexity index is 633. The zero-order valence-electron chi connectivity index (χ0n) is 12.4. The highest BCUT2D eigenvalue weighted by atomic mass is 16.6. The van der Waals surface area contributed by atoms with Gasteiger partial charge in [-0.1, -0.05) is 11.8 Å². The van der Waals surface area contributed by atoms with Gasteiger partial charge in [-0.2, -0.15) is 0 Å². The molecule has 0 saturated carbocycles. The number of carbonyl (C=O) groups excluding carboxylic acids is 2. The molecule has 0 aliphatic carbocycles. The largest absolute Gasteiger partial charge is 0.444 e. The van der Waals surface area contributed by atoms with Crippen molar-refractivity contribution >= 4 is 12.0 Å². The molecule has 1 aliphatic heterocycles. The predicted molar refractivity (Wildman–Crippen MR) is 78.7 cm³/mol. The second kappa shape index (κ2) is 5.88. The van der Waals surface area contributed by atoms with Crippen LogP contribution in [-0.4, -0.2) is 24.1 Å². The van der Waals surface area contributed by atoms with Crippen molar-refractivity contribution in [3.63, 3.8) is 0 Å². The lowest BCUT2D eigenvalue weighted by atomic mass is 10.1. The smallest absolute Gasteiger partial charge is 0.408 e. The van der Waals surface area contributed by atoms with Crippen molar-refractivity contribution in [3.8, 4) is 11.8 Å². The molecule has 2 amide bonds. The summed E-state index contributed by atoms with van der Waals surface area (Å²) in [6.45, 7) is 6.16. The summed E-state index contributed by atoms with van der Waals surface area (Å²) in [5, 5.41) is 5.32. The van der Waals surface area contributed by atoms with Crippen molar-refractivity contribution in [3.05, 3.63) is 34.9 Å². The number of fused-ring (bicyclic) bond motifs is 1. The van der Waals surface area contributed by atoms with E-state index < -0.39 is 11.7 Å². The van der Waals surface area contributed by atoms with Crippen LogP contribution in [-0.2, 0) is 11.3 Å². The zero-order valence-corrected chi connectivity index (χ0v) is 12.4. The average molecular weight is 286 g/mol. The van der Waals surface area contributed by atoms with Gasteiger partial charge in [0.15, 0.2) is 0 Å². The number of amides is 2. The molecule has 1 aliphatic rings. The van der Waals surface area contributed by atoms with E-state index in [0.29, 0.717) is 12.1 Å². The highest BCUT2D eigenvalue weighted by Crippen LogP contribution is 2.16. The molecule has 0 saturated heterocycles. The molecule has 5 heteroatoms. The molecule has 0 bridgehead atoms. The van der Waals surface area contributed by atoms with Crippen LogP contribution in [0.15, 0.2) is 18.2 Å². The molecule has 1 aromatic rings. The molecule has 110 valence electrons. The van der Waals surface area contributed by atoms with Crippen LogP contribution in [0.4, 0.5) is 4.79 Å². The van der Waals surface area contributed by atoms with Crippen LogP contribution in [0.1, 0.15) is 42.3 Å². The number of ether oxygens (including phenoxy) is 1. The first-order valence-electron chi connectivity index (χ1n) is 6.72. The van der Waals surface area contributed by atoms with Crippen LogP contribution in [0.25, 0.3) is 0 Å². The van der Waals surface area contributed by atoms with Crippen molar-refractivity contribution in [1.82, 2.24) is 10.6 Å². The summed E-state index contributed by atoms with van der Waals surface area (Å²) in [4.78, 5) is 22.8. The average Bonchev–Trinajstić information content (AvgIpc) is 2.74. The fraction of sp³-hybridized carbons (Fsp3) is 0.375. The third kappa shape index (κ3) is 4.25. The second-order valence-electron chi connectivity index (χ2n) is 5.71. The van der Waals surface area contributed by atoms with Crippen molar-refractivity contribution < 1.29 is 14.3 Å². The number of hydrogen-bond acceptors (Lipinski definition) is 3. The minimum Gasteiger partial charge on any atom is -0.444 e. The SMILES string of the molecule is CC(C)(C)OC(=O)NCC#Cc1ccc2c(c1)CNC2=O. The minimum absolute atomic E-state index is 0.0453. The quantitative estimate of drug-likeness (QED) is 0.774. The topological polar surface area (TPSA) is 67.4 Å². The van der Waals surface area contributed by atoms with Crippen molar-refractivity contribution in [2.45, 2.75) is 32.9 Å². The summed E-state index contributed by atoms with van der Waals surface area (Å²) in [6, 6.07) is 5.45. The first kappa shape index (κ1) is 14.9. The van der Waals surface area contributed by atoms with Crippen LogP contribution >= 0.6 is 0 Å². The fourth-order valence-electron chi connectivity index (χ4n) is 1.89. The molecule has 0 fully saturated rings. The molecule has 5 nitrogen and oxygen atoms in total. The first-order chi connectivity index (χ1) is 9.85. The Hall–Kier alpha value is -2.48. The van der Waals surface area contributed by atoms with Gasteiger partial charge in [-0.05, 0) is 44.5 Å². The molecule has 0 atom stereocenters. The normalized spacial score (nSPS) is 12.8. The van der Waals surface area contributed by atoms with Crippen LogP contribution in [0.2, 0.25) is 0 Å². The summed E-state index contributed by atoms with van der Waals surface area (Å²) in [5.74, 6) is 5.76. The molecule has 0 aromatic heterocycles. The van der Waals surface area contributed by atoms with Gasteiger partial charge in [-0.3, -0.25) is 4.79 Å². The molecule has 1 aromatic carbocycles. The summed E-state index contributed by atoms with van der Waals surface area (Å²) in [6.07, 6.45) is -0.486. The third-order valence-electron chi connectivity index (χ3n) is 2.74. The Morgan fingerprint density at radius 1 is 1.43 bits per heavy atom. The van der Waals surface area contributed by atoms with Crippen molar-refractivity contribution in [1.29, 1.82) is 0 Å². The molecule has 0 radical (unpaired) electrons. The fourth-order valence-corrected chi connectivity index (χ4v) is 1.89. The summed E-state index contributed by atoms with van der Waals surface area (Å²) in [7, 11) is 0. The Morgan fingerprint density at radius 2 is 2.19 bits per heavy atom. The molecule has 1 heterocycles. The monoisotopic (exact) mass is 286 g/mol. The maximum absolute atomic E-state index is 11.4. The lowest BCUT2D eigenvalue weighted by Gasteiger charge is -2.18. The molecule has 2 rings (SSSR count). The lowest BCUT2D eigenvalue weighted by molar-refractivity contribution is 0.0535. The van der Waals surface area contributed by atoms with Gasteiger partial charge in [0.2, 0.25) is 0 Å². The predicted octanol–water partition coefficient (Wildman–Crippen LogP) is 1.81. The lowest BCUT2D eigenvalue weighted by Crippen LogP contribution is -2.32. The first-order valence-corrected chi connectivity index (χ1v) is 6.72. The molecule has 0 unspecified atom stereocenters. The number of alkyl carbamates (subject to hydrolysis) is 1. The Balaban J connectivity index is 1.89. The van der Waals surface area contributed by atoms with Crippen LogP contribution in [0.3, 0.4) is 0 Å². The van der Waals surface area contributed by atoms with Gasteiger partial charge >= 0.3 is 6.09 Å². The maximum atomic E-state index is 11.4. The second-order valence-corrected chi connectivity index (χ2v) is 5.71. The summed E-state index contributed by atoms with van der Waals surface area (Å²) < 4.78 is 5.10. The van der Waals surface area contributed by atoms with Gasteiger partial charge in [0.1, 0.15) is 5.60 Å². The molecular weight excluding hydrogens is 268 g/mol. The molecule has 2 N–H and O–H groups in total. The van der Waals surface area contributed by atoms with E-state index >= 15 is 0 Å². The van der Waals surface area contributed by atoms with Crippen LogP contribution < -0.4 is 10.6 Å². The standard InChI is InChI=1S/C16H18N2O3/c1-16(2,3)21-15(20)17-8-4-5-11-6-7-13-12(9-11)10-18-14(13)19/h6-7,9H,8,10H2,1-3H3,(H,17,20)(H,18,19). The van der Waals surface area contributed by atoms with Gasteiger partial charge in [0.05, 0.1) is 6.54 Å². The van der Waals surface area contributed by atoms with Gasteiger partial charge in [0.25, 0.3) is 5.91 Å². The van der Waals surface area contributed by atoms with Crippen LogP contribution in [0, 0.1) is 11.8 Å². The minimum atomic E-state index is -0.517. The van der Waals surface area contributed by atoms with Gasteiger partial charge in [-0.15, -0.1) is 0 Å².